The Kier molecular flexibility index (Phi) is 8.18. The number of nitrogens with one attached hydrogen (secondary N) is 1. The number of carbonyl (C=O) groups excluding carboxylic acids is 1. The number of aromatic nitrogens is 4. The maximum atomic E-state index is 12.6. The maximum Gasteiger partial charge on any atom is 0.407 e. The van der Waals surface area contributed by atoms with E-state index in [1.165, 1.54) is 4.68 Å². The molecule has 1 amide bonds. The highest BCUT2D eigenvalue weighted by Gasteiger charge is 2.36. The summed E-state index contributed by atoms with van der Waals surface area (Å²) >= 11 is 0. The number of alkyl carbamates (subject to hydrolysis) is 1. The monoisotopic (exact) mass is 499 g/mol. The Morgan fingerprint density at radius 3 is 2.71 bits per heavy atom. The van der Waals surface area contributed by atoms with Gasteiger partial charge in [0, 0.05) is 7.05 Å². The summed E-state index contributed by atoms with van der Waals surface area (Å²) in [6.07, 6.45) is -3.03. The Hall–Kier alpha value is -3.38. The Labute approximate surface area is 199 Å². The van der Waals surface area contributed by atoms with Crippen molar-refractivity contribution in [2.24, 2.45) is 18.9 Å². The number of carboxylic acids is 1. The number of hydrogen-bond acceptors (Lipinski definition) is 7. The smallest absolute Gasteiger partial charge is 0.407 e. The van der Waals surface area contributed by atoms with Gasteiger partial charge in [-0.1, -0.05) is 12.1 Å². The van der Waals surface area contributed by atoms with Gasteiger partial charge in [-0.05, 0) is 44.7 Å². The van der Waals surface area contributed by atoms with Crippen molar-refractivity contribution < 1.29 is 37.3 Å². The van der Waals surface area contributed by atoms with Crippen molar-refractivity contribution in [3.63, 3.8) is 0 Å². The first-order chi connectivity index (χ1) is 16.5. The third-order valence-electron chi connectivity index (χ3n) is 5.92. The second-order valence-corrected chi connectivity index (χ2v) is 8.62. The van der Waals surface area contributed by atoms with E-state index >= 15 is 0 Å². The molecule has 2 unspecified atom stereocenters. The van der Waals surface area contributed by atoms with Crippen LogP contribution in [0.3, 0.4) is 0 Å². The van der Waals surface area contributed by atoms with Crippen LogP contribution in [-0.4, -0.2) is 56.0 Å². The molecule has 2 aromatic rings. The molecule has 192 valence electrons. The fourth-order valence-electron chi connectivity index (χ4n) is 3.74. The molecule has 0 bridgehead atoms. The molecule has 1 aliphatic rings. The number of pyridine rings is 1. The van der Waals surface area contributed by atoms with Crippen LogP contribution in [0.25, 0.3) is 11.4 Å². The third-order valence-corrected chi connectivity index (χ3v) is 5.92. The van der Waals surface area contributed by atoms with Gasteiger partial charge in [0.15, 0.2) is 0 Å². The van der Waals surface area contributed by atoms with Crippen LogP contribution < -0.4 is 10.1 Å². The lowest BCUT2D eigenvalue weighted by molar-refractivity contribution is -0.178. The van der Waals surface area contributed by atoms with Crippen LogP contribution in [0.1, 0.15) is 44.0 Å². The highest BCUT2D eigenvalue weighted by molar-refractivity contribution is 5.70. The second-order valence-electron chi connectivity index (χ2n) is 8.62. The second kappa shape index (κ2) is 10.9. The van der Waals surface area contributed by atoms with Crippen molar-refractivity contribution >= 4 is 12.1 Å². The van der Waals surface area contributed by atoms with Gasteiger partial charge < -0.3 is 19.9 Å². The predicted molar refractivity (Wildman–Crippen MR) is 116 cm³/mol. The van der Waals surface area contributed by atoms with Crippen LogP contribution in [0, 0.1) is 18.8 Å². The lowest BCUT2D eigenvalue weighted by Crippen LogP contribution is -2.30. The summed E-state index contributed by atoms with van der Waals surface area (Å²) in [4.78, 5) is 27.7. The van der Waals surface area contributed by atoms with Crippen LogP contribution in [0.15, 0.2) is 12.1 Å². The van der Waals surface area contributed by atoms with Crippen molar-refractivity contribution in [3.8, 4) is 17.1 Å². The number of hydrogen-bond donors (Lipinski definition) is 2. The summed E-state index contributed by atoms with van der Waals surface area (Å²) in [6, 6.07) is 3.40. The largest absolute Gasteiger partial charge is 0.489 e. The van der Waals surface area contributed by atoms with E-state index in [0.717, 1.165) is 19.8 Å². The summed E-state index contributed by atoms with van der Waals surface area (Å²) in [5.41, 5.74) is 1.90. The highest BCUT2D eigenvalue weighted by Crippen LogP contribution is 2.30. The normalized spacial score (nSPS) is 19.1. The molecular formula is C22H28F3N5O5. The van der Waals surface area contributed by atoms with E-state index in [1.807, 2.05) is 0 Å². The van der Waals surface area contributed by atoms with E-state index in [2.05, 4.69) is 25.3 Å². The van der Waals surface area contributed by atoms with Gasteiger partial charge in [-0.15, -0.1) is 5.10 Å². The average Bonchev–Trinajstić information content (AvgIpc) is 3.17. The summed E-state index contributed by atoms with van der Waals surface area (Å²) in [5.74, 6) is -2.47. The third kappa shape index (κ3) is 6.83. The van der Waals surface area contributed by atoms with Crippen molar-refractivity contribution in [2.45, 2.75) is 58.4 Å². The number of halogens is 3. The number of carboxylic acid groups (broad SMARTS) is 1. The molecule has 10 nitrogen and oxygen atoms in total. The van der Waals surface area contributed by atoms with Crippen LogP contribution in [0.2, 0.25) is 0 Å². The highest BCUT2D eigenvalue weighted by atomic mass is 19.4. The van der Waals surface area contributed by atoms with Crippen LogP contribution in [0.5, 0.6) is 5.75 Å². The van der Waals surface area contributed by atoms with Gasteiger partial charge in [0.05, 0.1) is 41.6 Å². The molecule has 0 saturated heterocycles. The van der Waals surface area contributed by atoms with E-state index < -0.39 is 36.7 Å². The molecule has 13 heteroatoms. The standard InChI is InChI=1S/C22H28F3N5O5/c1-12(22(23,24)25)11-34-21(33)26-10-17-19(28-29-30(17)3)16-7-8-18(13(2)27-16)35-15-6-4-5-14(9-15)20(31)32/h7-8,12,14-15H,4-6,9-11H2,1-3H3,(H,26,33)(H,31,32)/t12?,14?,15-/m0/s1. The summed E-state index contributed by atoms with van der Waals surface area (Å²) in [7, 11) is 1.61. The van der Waals surface area contributed by atoms with Crippen molar-refractivity contribution in [1.29, 1.82) is 0 Å². The summed E-state index contributed by atoms with van der Waals surface area (Å²) in [5, 5.41) is 19.7. The zero-order chi connectivity index (χ0) is 25.8. The lowest BCUT2D eigenvalue weighted by Gasteiger charge is -2.27. The van der Waals surface area contributed by atoms with Crippen LogP contribution in [-0.2, 0) is 23.1 Å². The minimum Gasteiger partial charge on any atom is -0.489 e. The van der Waals surface area contributed by atoms with Crippen LogP contribution in [0.4, 0.5) is 18.0 Å². The fraction of sp³-hybridized carbons (Fsp3) is 0.591. The zero-order valence-electron chi connectivity index (χ0n) is 19.6. The first kappa shape index (κ1) is 26.2. The molecule has 0 radical (unpaired) electrons. The molecule has 2 aromatic heterocycles. The molecule has 35 heavy (non-hydrogen) atoms. The fourth-order valence-corrected chi connectivity index (χ4v) is 3.74. The number of ether oxygens (including phenoxy) is 2. The number of rotatable bonds is 8. The number of aliphatic carboxylic acids is 1. The minimum atomic E-state index is -4.45. The Morgan fingerprint density at radius 2 is 2.06 bits per heavy atom. The molecule has 0 aromatic carbocycles. The van der Waals surface area contributed by atoms with Crippen molar-refractivity contribution in [3.05, 3.63) is 23.5 Å². The van der Waals surface area contributed by atoms with E-state index in [4.69, 9.17) is 4.74 Å². The topological polar surface area (TPSA) is 128 Å². The quantitative estimate of drug-likeness (QED) is 0.564. The van der Waals surface area contributed by atoms with Crippen molar-refractivity contribution in [1.82, 2.24) is 25.3 Å². The average molecular weight is 499 g/mol. The molecule has 2 N–H and O–H groups in total. The van der Waals surface area contributed by atoms with Gasteiger partial charge in [-0.25, -0.2) is 14.5 Å². The number of carbonyl (C=O) groups is 2. The van der Waals surface area contributed by atoms with Gasteiger partial charge in [-0.2, -0.15) is 13.2 Å². The first-order valence-corrected chi connectivity index (χ1v) is 11.2. The molecular weight excluding hydrogens is 471 g/mol. The van der Waals surface area contributed by atoms with Crippen molar-refractivity contribution in [2.75, 3.05) is 6.61 Å². The lowest BCUT2D eigenvalue weighted by atomic mass is 9.87. The van der Waals surface area contributed by atoms with E-state index in [1.54, 1.807) is 26.1 Å². The summed E-state index contributed by atoms with van der Waals surface area (Å²) < 4.78 is 49.8. The van der Waals surface area contributed by atoms with Gasteiger partial charge in [-0.3, -0.25) is 4.79 Å². The van der Waals surface area contributed by atoms with Gasteiger partial charge >= 0.3 is 18.2 Å². The molecule has 0 aliphatic heterocycles. The molecule has 1 saturated carbocycles. The molecule has 0 spiro atoms. The van der Waals surface area contributed by atoms with E-state index in [0.29, 0.717) is 41.4 Å². The minimum absolute atomic E-state index is 0.0876. The van der Waals surface area contributed by atoms with Gasteiger partial charge in [0.2, 0.25) is 0 Å². The zero-order valence-corrected chi connectivity index (χ0v) is 19.6. The van der Waals surface area contributed by atoms with Gasteiger partial charge in [0.1, 0.15) is 18.1 Å². The molecule has 3 rings (SSSR count). The first-order valence-electron chi connectivity index (χ1n) is 11.2. The number of alkyl halides is 3. The Bertz CT molecular complexity index is 1060. The predicted octanol–water partition coefficient (Wildman–Crippen LogP) is 3.63. The maximum absolute atomic E-state index is 12.6. The van der Waals surface area contributed by atoms with Crippen LogP contribution >= 0.6 is 0 Å². The molecule has 1 aliphatic carbocycles. The molecule has 2 heterocycles. The van der Waals surface area contributed by atoms with E-state index in [-0.39, 0.29) is 12.6 Å². The number of aryl methyl sites for hydroxylation is 2. The number of amides is 1. The Balaban J connectivity index is 1.64. The SMILES string of the molecule is Cc1nc(-c2nnn(C)c2CNC(=O)OCC(C)C(F)(F)F)ccc1O[C@H]1CCCC(C(=O)O)C1. The Morgan fingerprint density at radius 1 is 1.31 bits per heavy atom. The number of nitrogens with zero attached hydrogens (tertiary/aromatic N) is 4. The van der Waals surface area contributed by atoms with E-state index in [9.17, 15) is 27.9 Å². The molecule has 3 atom stereocenters. The summed E-state index contributed by atoms with van der Waals surface area (Å²) in [6.45, 7) is 1.80. The van der Waals surface area contributed by atoms with Gasteiger partial charge in [0.25, 0.3) is 0 Å². The molecule has 1 fully saturated rings.